The van der Waals surface area contributed by atoms with E-state index in [-0.39, 0.29) is 0 Å². The van der Waals surface area contributed by atoms with E-state index in [9.17, 15) is 0 Å². The zero-order valence-electron chi connectivity index (χ0n) is 5.13. The Morgan fingerprint density at radius 1 is 1.67 bits per heavy atom. The number of hydrogen-bond donors (Lipinski definition) is 0. The summed E-state index contributed by atoms with van der Waals surface area (Å²) in [5.41, 5.74) is 0.999. The number of nitrogens with zero attached hydrogens (tertiary/aromatic N) is 2. The second-order valence-corrected chi connectivity index (χ2v) is 2.05. The molecule has 0 unspecified atom stereocenters. The summed E-state index contributed by atoms with van der Waals surface area (Å²) in [7, 11) is 0. The molecule has 1 aromatic heterocycles. The number of halogens is 1. The SMILES string of the molecule is CCc1cncnc1Cl. The fourth-order valence-electron chi connectivity index (χ4n) is 0.581. The molecule has 1 rings (SSSR count). The summed E-state index contributed by atoms with van der Waals surface area (Å²) < 4.78 is 0. The van der Waals surface area contributed by atoms with Crippen LogP contribution >= 0.6 is 11.6 Å². The first-order chi connectivity index (χ1) is 4.34. The van der Waals surface area contributed by atoms with Crippen molar-refractivity contribution in [3.8, 4) is 0 Å². The number of rotatable bonds is 1. The summed E-state index contributed by atoms with van der Waals surface area (Å²) in [6, 6.07) is 0. The molecule has 1 heterocycles. The highest BCUT2D eigenvalue weighted by Crippen LogP contribution is 2.09. The third-order valence-corrected chi connectivity index (χ3v) is 1.45. The van der Waals surface area contributed by atoms with E-state index in [1.807, 2.05) is 6.92 Å². The van der Waals surface area contributed by atoms with Gasteiger partial charge in [0.25, 0.3) is 0 Å². The van der Waals surface area contributed by atoms with Gasteiger partial charge in [-0.15, -0.1) is 0 Å². The molecule has 0 saturated carbocycles. The Bertz CT molecular complexity index is 200. The first-order valence-corrected chi connectivity index (χ1v) is 3.16. The Balaban J connectivity index is 3.01. The van der Waals surface area contributed by atoms with Crippen molar-refractivity contribution in [1.82, 2.24) is 9.97 Å². The standard InChI is InChI=1S/C6H7ClN2/c1-2-5-3-8-4-9-6(5)7/h3-4H,2H2,1H3. The summed E-state index contributed by atoms with van der Waals surface area (Å²) >= 11 is 5.67. The maximum Gasteiger partial charge on any atom is 0.135 e. The third-order valence-electron chi connectivity index (χ3n) is 1.11. The van der Waals surface area contributed by atoms with Gasteiger partial charge in [-0.05, 0) is 6.42 Å². The first kappa shape index (κ1) is 6.49. The smallest absolute Gasteiger partial charge is 0.135 e. The van der Waals surface area contributed by atoms with Crippen LogP contribution in [0.15, 0.2) is 12.5 Å². The Kier molecular flexibility index (Phi) is 2.01. The maximum atomic E-state index is 5.67. The van der Waals surface area contributed by atoms with E-state index >= 15 is 0 Å². The molecule has 1 aromatic rings. The predicted octanol–water partition coefficient (Wildman–Crippen LogP) is 1.69. The minimum atomic E-state index is 0.563. The molecule has 0 N–H and O–H groups in total. The minimum absolute atomic E-state index is 0.563. The molecule has 0 aromatic carbocycles. The molecule has 0 aliphatic carbocycles. The predicted molar refractivity (Wildman–Crippen MR) is 36.4 cm³/mol. The molecule has 0 amide bonds. The second kappa shape index (κ2) is 2.78. The Labute approximate surface area is 58.9 Å². The quantitative estimate of drug-likeness (QED) is 0.558. The van der Waals surface area contributed by atoms with E-state index in [1.165, 1.54) is 6.33 Å². The van der Waals surface area contributed by atoms with E-state index in [1.54, 1.807) is 6.20 Å². The molecule has 0 fully saturated rings. The molecule has 0 bridgehead atoms. The summed E-state index contributed by atoms with van der Waals surface area (Å²) in [4.78, 5) is 7.63. The van der Waals surface area contributed by atoms with Gasteiger partial charge in [0.05, 0.1) is 0 Å². The fourth-order valence-corrected chi connectivity index (χ4v) is 0.807. The summed E-state index contributed by atoms with van der Waals surface area (Å²) in [6.07, 6.45) is 4.07. The molecular formula is C6H7ClN2. The van der Waals surface area contributed by atoms with Crippen LogP contribution in [0.3, 0.4) is 0 Å². The van der Waals surface area contributed by atoms with Gasteiger partial charge in [-0.2, -0.15) is 0 Å². The maximum absolute atomic E-state index is 5.67. The zero-order chi connectivity index (χ0) is 6.69. The first-order valence-electron chi connectivity index (χ1n) is 2.79. The van der Waals surface area contributed by atoms with Crippen molar-refractivity contribution in [2.75, 3.05) is 0 Å². The molecule has 0 spiro atoms. The van der Waals surface area contributed by atoms with Gasteiger partial charge in [-0.1, -0.05) is 18.5 Å². The van der Waals surface area contributed by atoms with Crippen molar-refractivity contribution < 1.29 is 0 Å². The average Bonchev–Trinajstić information content (AvgIpc) is 1.89. The van der Waals surface area contributed by atoms with Gasteiger partial charge < -0.3 is 0 Å². The van der Waals surface area contributed by atoms with Crippen LogP contribution in [0.1, 0.15) is 12.5 Å². The number of aromatic nitrogens is 2. The van der Waals surface area contributed by atoms with Gasteiger partial charge in [0, 0.05) is 11.8 Å². The minimum Gasteiger partial charge on any atom is -0.244 e. The highest BCUT2D eigenvalue weighted by Gasteiger charge is 1.94. The van der Waals surface area contributed by atoms with Crippen molar-refractivity contribution in [3.05, 3.63) is 23.2 Å². The van der Waals surface area contributed by atoms with Gasteiger partial charge >= 0.3 is 0 Å². The zero-order valence-corrected chi connectivity index (χ0v) is 5.89. The molecule has 2 nitrogen and oxygen atoms in total. The normalized spacial score (nSPS) is 9.56. The lowest BCUT2D eigenvalue weighted by molar-refractivity contribution is 1.04. The van der Waals surface area contributed by atoms with E-state index in [4.69, 9.17) is 11.6 Å². The van der Waals surface area contributed by atoms with Crippen molar-refractivity contribution in [3.63, 3.8) is 0 Å². The van der Waals surface area contributed by atoms with Crippen molar-refractivity contribution in [1.29, 1.82) is 0 Å². The number of aryl methyl sites for hydroxylation is 1. The second-order valence-electron chi connectivity index (χ2n) is 1.69. The van der Waals surface area contributed by atoms with Gasteiger partial charge in [0.15, 0.2) is 0 Å². The Morgan fingerprint density at radius 3 is 2.89 bits per heavy atom. The van der Waals surface area contributed by atoms with Crippen LogP contribution in [-0.4, -0.2) is 9.97 Å². The highest BCUT2D eigenvalue weighted by atomic mass is 35.5. The van der Waals surface area contributed by atoms with Crippen molar-refractivity contribution in [2.45, 2.75) is 13.3 Å². The lowest BCUT2D eigenvalue weighted by Crippen LogP contribution is -1.86. The van der Waals surface area contributed by atoms with E-state index < -0.39 is 0 Å². The average molecular weight is 143 g/mol. The van der Waals surface area contributed by atoms with Gasteiger partial charge in [-0.25, -0.2) is 9.97 Å². The molecule has 3 heteroatoms. The topological polar surface area (TPSA) is 25.8 Å². The monoisotopic (exact) mass is 142 g/mol. The molecule has 9 heavy (non-hydrogen) atoms. The summed E-state index contributed by atoms with van der Waals surface area (Å²) in [6.45, 7) is 2.02. The molecule has 0 radical (unpaired) electrons. The van der Waals surface area contributed by atoms with Crippen LogP contribution in [-0.2, 0) is 6.42 Å². The summed E-state index contributed by atoms with van der Waals surface area (Å²) in [5.74, 6) is 0. The van der Waals surface area contributed by atoms with Crippen LogP contribution in [0.25, 0.3) is 0 Å². The van der Waals surface area contributed by atoms with Crippen molar-refractivity contribution >= 4 is 11.6 Å². The third kappa shape index (κ3) is 1.39. The molecule has 0 aliphatic rings. The van der Waals surface area contributed by atoms with Crippen LogP contribution < -0.4 is 0 Å². The molecule has 48 valence electrons. The molecular weight excluding hydrogens is 136 g/mol. The fraction of sp³-hybridized carbons (Fsp3) is 0.333. The molecule has 0 saturated heterocycles. The van der Waals surface area contributed by atoms with Crippen LogP contribution in [0.2, 0.25) is 5.15 Å². The largest absolute Gasteiger partial charge is 0.244 e. The van der Waals surface area contributed by atoms with Crippen LogP contribution in [0.5, 0.6) is 0 Å². The van der Waals surface area contributed by atoms with Gasteiger partial charge in [-0.3, -0.25) is 0 Å². The Hall–Kier alpha value is -0.630. The number of hydrogen-bond acceptors (Lipinski definition) is 2. The highest BCUT2D eigenvalue weighted by molar-refractivity contribution is 6.30. The molecule has 0 aliphatic heterocycles. The molecule has 0 atom stereocenters. The van der Waals surface area contributed by atoms with E-state index in [0.717, 1.165) is 12.0 Å². The van der Waals surface area contributed by atoms with Gasteiger partial charge in [0.2, 0.25) is 0 Å². The lowest BCUT2D eigenvalue weighted by atomic mass is 10.3. The lowest BCUT2D eigenvalue weighted by Gasteiger charge is -1.94. The van der Waals surface area contributed by atoms with E-state index in [2.05, 4.69) is 9.97 Å². The van der Waals surface area contributed by atoms with Crippen LogP contribution in [0, 0.1) is 0 Å². The summed E-state index contributed by atoms with van der Waals surface area (Å²) in [5, 5.41) is 0.563. The van der Waals surface area contributed by atoms with Crippen molar-refractivity contribution in [2.24, 2.45) is 0 Å². The van der Waals surface area contributed by atoms with E-state index in [0.29, 0.717) is 5.15 Å². The van der Waals surface area contributed by atoms with Crippen LogP contribution in [0.4, 0.5) is 0 Å². The Morgan fingerprint density at radius 2 is 2.44 bits per heavy atom. The van der Waals surface area contributed by atoms with Gasteiger partial charge in [0.1, 0.15) is 11.5 Å².